The summed E-state index contributed by atoms with van der Waals surface area (Å²) in [5.41, 5.74) is -1.18. The first-order chi connectivity index (χ1) is 8.60. The van der Waals surface area contributed by atoms with E-state index in [1.165, 1.54) is 0 Å². The highest BCUT2D eigenvalue weighted by Crippen LogP contribution is 2.23. The standard InChI is InChI=1S/C14H23NO3S/c1-10-6-7-11(18-10)14(5,17)9-15-12(16)8-19-13(2,3)4/h6-7,17H,8-9H2,1-5H3,(H,15,16). The maximum absolute atomic E-state index is 11.7. The van der Waals surface area contributed by atoms with Gasteiger partial charge in [0.15, 0.2) is 0 Å². The molecule has 5 heteroatoms. The van der Waals surface area contributed by atoms with E-state index in [2.05, 4.69) is 26.1 Å². The summed E-state index contributed by atoms with van der Waals surface area (Å²) in [6.45, 7) is 9.77. The molecule has 1 aromatic rings. The summed E-state index contributed by atoms with van der Waals surface area (Å²) in [4.78, 5) is 11.7. The zero-order chi connectivity index (χ0) is 14.7. The van der Waals surface area contributed by atoms with Gasteiger partial charge in [-0.2, -0.15) is 0 Å². The van der Waals surface area contributed by atoms with E-state index in [1.807, 2.05) is 6.92 Å². The van der Waals surface area contributed by atoms with Crippen molar-refractivity contribution in [3.63, 3.8) is 0 Å². The lowest BCUT2D eigenvalue weighted by atomic mass is 10.0. The van der Waals surface area contributed by atoms with E-state index in [-0.39, 0.29) is 17.2 Å². The normalized spacial score (nSPS) is 15.1. The lowest BCUT2D eigenvalue weighted by molar-refractivity contribution is -0.119. The Labute approximate surface area is 119 Å². The Morgan fingerprint density at radius 1 is 1.37 bits per heavy atom. The predicted molar refractivity (Wildman–Crippen MR) is 78.2 cm³/mol. The molecule has 2 N–H and O–H groups in total. The number of carbonyl (C=O) groups is 1. The summed E-state index contributed by atoms with van der Waals surface area (Å²) >= 11 is 1.58. The van der Waals surface area contributed by atoms with E-state index < -0.39 is 5.60 Å². The van der Waals surface area contributed by atoms with E-state index in [0.29, 0.717) is 11.5 Å². The van der Waals surface area contributed by atoms with E-state index in [9.17, 15) is 9.90 Å². The highest BCUT2D eigenvalue weighted by atomic mass is 32.2. The molecule has 0 bridgehead atoms. The van der Waals surface area contributed by atoms with Crippen LogP contribution < -0.4 is 5.32 Å². The summed E-state index contributed by atoms with van der Waals surface area (Å²) in [6.07, 6.45) is 0. The van der Waals surface area contributed by atoms with Crippen molar-refractivity contribution in [2.75, 3.05) is 12.3 Å². The third-order valence-electron chi connectivity index (χ3n) is 2.54. The molecule has 1 rings (SSSR count). The van der Waals surface area contributed by atoms with E-state index in [4.69, 9.17) is 4.42 Å². The van der Waals surface area contributed by atoms with Crippen LogP contribution in [0.4, 0.5) is 0 Å². The zero-order valence-corrected chi connectivity index (χ0v) is 13.1. The number of furan rings is 1. The molecule has 108 valence electrons. The van der Waals surface area contributed by atoms with Crippen LogP contribution in [0.3, 0.4) is 0 Å². The van der Waals surface area contributed by atoms with Gasteiger partial charge in [-0.05, 0) is 26.0 Å². The van der Waals surface area contributed by atoms with Crippen LogP contribution >= 0.6 is 11.8 Å². The quantitative estimate of drug-likeness (QED) is 0.872. The molecule has 0 radical (unpaired) electrons. The number of hydrogen-bond acceptors (Lipinski definition) is 4. The SMILES string of the molecule is Cc1ccc(C(C)(O)CNC(=O)CSC(C)(C)C)o1. The molecule has 1 amide bonds. The summed E-state index contributed by atoms with van der Waals surface area (Å²) in [5.74, 6) is 1.51. The van der Waals surface area contributed by atoms with E-state index in [1.54, 1.807) is 30.8 Å². The van der Waals surface area contributed by atoms with Crippen molar-refractivity contribution in [2.24, 2.45) is 0 Å². The van der Waals surface area contributed by atoms with Gasteiger partial charge in [0.05, 0.1) is 12.3 Å². The zero-order valence-electron chi connectivity index (χ0n) is 12.2. The molecule has 1 atom stereocenters. The number of rotatable bonds is 5. The summed E-state index contributed by atoms with van der Waals surface area (Å²) in [5, 5.41) is 13.0. The Hall–Kier alpha value is -0.940. The predicted octanol–water partition coefficient (Wildman–Crippen LogP) is 2.44. The van der Waals surface area contributed by atoms with Crippen LogP contribution in [-0.4, -0.2) is 28.1 Å². The molecule has 0 fully saturated rings. The Bertz CT molecular complexity index is 432. The molecular formula is C14H23NO3S. The molecule has 1 unspecified atom stereocenters. The van der Waals surface area contributed by atoms with E-state index in [0.717, 1.165) is 5.76 Å². The number of amides is 1. The van der Waals surface area contributed by atoms with Crippen molar-refractivity contribution in [1.82, 2.24) is 5.32 Å². The molecule has 0 aliphatic carbocycles. The van der Waals surface area contributed by atoms with Crippen molar-refractivity contribution < 1.29 is 14.3 Å². The van der Waals surface area contributed by atoms with Crippen LogP contribution in [0.2, 0.25) is 0 Å². The second-order valence-corrected chi connectivity index (χ2v) is 7.66. The van der Waals surface area contributed by atoms with Crippen molar-refractivity contribution >= 4 is 17.7 Å². The van der Waals surface area contributed by atoms with Crippen LogP contribution in [0.15, 0.2) is 16.5 Å². The Morgan fingerprint density at radius 2 is 2.00 bits per heavy atom. The molecule has 4 nitrogen and oxygen atoms in total. The van der Waals surface area contributed by atoms with Gasteiger partial charge in [-0.15, -0.1) is 11.8 Å². The molecule has 0 spiro atoms. The maximum Gasteiger partial charge on any atom is 0.230 e. The first-order valence-corrected chi connectivity index (χ1v) is 7.29. The second kappa shape index (κ2) is 6.01. The summed E-state index contributed by atoms with van der Waals surface area (Å²) in [6, 6.07) is 3.52. The number of thioether (sulfide) groups is 1. The molecule has 1 aromatic heterocycles. The van der Waals surface area contributed by atoms with Gasteiger partial charge in [0.1, 0.15) is 17.1 Å². The van der Waals surface area contributed by atoms with Gasteiger partial charge in [-0.1, -0.05) is 20.8 Å². The van der Waals surface area contributed by atoms with E-state index >= 15 is 0 Å². The number of aryl methyl sites for hydroxylation is 1. The molecule has 1 heterocycles. The lowest BCUT2D eigenvalue weighted by Gasteiger charge is -2.22. The fourth-order valence-electron chi connectivity index (χ4n) is 1.41. The number of aliphatic hydroxyl groups is 1. The summed E-state index contributed by atoms with van der Waals surface area (Å²) < 4.78 is 5.44. The van der Waals surface area contributed by atoms with Gasteiger partial charge in [0.25, 0.3) is 0 Å². The first-order valence-electron chi connectivity index (χ1n) is 6.30. The Morgan fingerprint density at radius 3 is 2.47 bits per heavy atom. The molecular weight excluding hydrogens is 262 g/mol. The highest BCUT2D eigenvalue weighted by Gasteiger charge is 2.27. The topological polar surface area (TPSA) is 62.5 Å². The van der Waals surface area contributed by atoms with Crippen LogP contribution in [0.5, 0.6) is 0 Å². The fraction of sp³-hybridized carbons (Fsp3) is 0.643. The van der Waals surface area contributed by atoms with Crippen LogP contribution in [0, 0.1) is 6.92 Å². The maximum atomic E-state index is 11.7. The van der Waals surface area contributed by atoms with Gasteiger partial charge < -0.3 is 14.8 Å². The molecule has 0 aliphatic heterocycles. The van der Waals surface area contributed by atoms with Gasteiger partial charge in [-0.25, -0.2) is 0 Å². The first kappa shape index (κ1) is 16.1. The van der Waals surface area contributed by atoms with Gasteiger partial charge in [0.2, 0.25) is 5.91 Å². The van der Waals surface area contributed by atoms with Crippen molar-refractivity contribution in [3.05, 3.63) is 23.7 Å². The van der Waals surface area contributed by atoms with Gasteiger partial charge in [0, 0.05) is 4.75 Å². The monoisotopic (exact) mass is 285 g/mol. The average molecular weight is 285 g/mol. The third kappa shape index (κ3) is 5.70. The highest BCUT2D eigenvalue weighted by molar-refractivity contribution is 8.01. The fourth-order valence-corrected chi connectivity index (χ4v) is 2.08. The largest absolute Gasteiger partial charge is 0.463 e. The smallest absolute Gasteiger partial charge is 0.230 e. The molecule has 19 heavy (non-hydrogen) atoms. The molecule has 0 saturated carbocycles. The number of carbonyl (C=O) groups excluding carboxylic acids is 1. The minimum atomic E-state index is -1.18. The van der Waals surface area contributed by atoms with Crippen LogP contribution in [-0.2, 0) is 10.4 Å². The molecule has 0 saturated heterocycles. The Balaban J connectivity index is 2.45. The third-order valence-corrected chi connectivity index (χ3v) is 3.81. The van der Waals surface area contributed by atoms with Crippen molar-refractivity contribution in [1.29, 1.82) is 0 Å². The van der Waals surface area contributed by atoms with Gasteiger partial charge in [-0.3, -0.25) is 4.79 Å². The molecule has 0 aromatic carbocycles. The molecule has 0 aliphatic rings. The van der Waals surface area contributed by atoms with Crippen molar-refractivity contribution in [2.45, 2.75) is 45.0 Å². The summed E-state index contributed by atoms with van der Waals surface area (Å²) in [7, 11) is 0. The Kier molecular flexibility index (Phi) is 5.10. The number of hydrogen-bond donors (Lipinski definition) is 2. The average Bonchev–Trinajstić information content (AvgIpc) is 2.70. The lowest BCUT2D eigenvalue weighted by Crippen LogP contribution is -2.39. The van der Waals surface area contributed by atoms with Crippen LogP contribution in [0.25, 0.3) is 0 Å². The minimum Gasteiger partial charge on any atom is -0.463 e. The second-order valence-electron chi connectivity index (χ2n) is 5.86. The van der Waals surface area contributed by atoms with Crippen LogP contribution in [0.1, 0.15) is 39.2 Å². The van der Waals surface area contributed by atoms with Crippen molar-refractivity contribution in [3.8, 4) is 0 Å². The number of nitrogens with one attached hydrogen (secondary N) is 1. The minimum absolute atomic E-state index is 0.0536. The van der Waals surface area contributed by atoms with Gasteiger partial charge >= 0.3 is 0 Å².